The zero-order valence-electron chi connectivity index (χ0n) is 21.6. The quantitative estimate of drug-likeness (QED) is 0.246. The molecule has 40 heavy (non-hydrogen) atoms. The number of halogens is 3. The highest BCUT2D eigenvalue weighted by Crippen LogP contribution is 2.34. The van der Waals surface area contributed by atoms with E-state index in [1.54, 1.807) is 24.3 Å². The predicted molar refractivity (Wildman–Crippen MR) is 145 cm³/mol. The van der Waals surface area contributed by atoms with Gasteiger partial charge in [0.1, 0.15) is 11.5 Å². The number of alkyl halides is 3. The van der Waals surface area contributed by atoms with E-state index >= 15 is 0 Å². The highest BCUT2D eigenvalue weighted by molar-refractivity contribution is 6.05. The van der Waals surface area contributed by atoms with Gasteiger partial charge in [0.25, 0.3) is 5.91 Å². The van der Waals surface area contributed by atoms with E-state index < -0.39 is 17.8 Å². The standard InChI is InChI=1S/C23H16F3N5O2.C7H8/c1-14(32)15-4-2-5-16(10-15)22(33)29-21-8-7-18(13-28-21)31-20(23(24,25)26)11-19(30-31)17-6-3-9-27-12-17;1-7-5-3-2-4-6-7/h2-13H,1H3,(H,28,29,33);2-6H,1H3. The lowest BCUT2D eigenvalue weighted by Gasteiger charge is -2.11. The van der Waals surface area contributed by atoms with E-state index in [0.717, 1.165) is 10.7 Å². The van der Waals surface area contributed by atoms with Gasteiger partial charge in [-0.25, -0.2) is 9.67 Å². The summed E-state index contributed by atoms with van der Waals surface area (Å²) in [6.07, 6.45) is -0.539. The molecule has 10 heteroatoms. The van der Waals surface area contributed by atoms with Gasteiger partial charge in [-0.3, -0.25) is 14.6 Å². The highest BCUT2D eigenvalue weighted by Gasteiger charge is 2.36. The number of carbonyl (C=O) groups excluding carboxylic acids is 2. The average Bonchev–Trinajstić information content (AvgIpc) is 3.41. The summed E-state index contributed by atoms with van der Waals surface area (Å²) in [5.74, 6) is -0.560. The fourth-order valence-electron chi connectivity index (χ4n) is 3.62. The van der Waals surface area contributed by atoms with Gasteiger partial charge < -0.3 is 5.32 Å². The van der Waals surface area contributed by atoms with Gasteiger partial charge in [0.15, 0.2) is 5.78 Å². The second-order valence-electron chi connectivity index (χ2n) is 8.71. The summed E-state index contributed by atoms with van der Waals surface area (Å²) in [4.78, 5) is 31.9. The third-order valence-corrected chi connectivity index (χ3v) is 5.66. The SMILES string of the molecule is CC(=O)c1cccc(C(=O)Nc2ccc(-n3nc(-c4cccnc4)cc3C(F)(F)F)cn2)c1.Cc1ccccc1. The van der Waals surface area contributed by atoms with Crippen LogP contribution in [0.5, 0.6) is 0 Å². The smallest absolute Gasteiger partial charge is 0.307 e. The number of carbonyl (C=O) groups is 2. The van der Waals surface area contributed by atoms with E-state index in [2.05, 4.69) is 39.4 Å². The van der Waals surface area contributed by atoms with Crippen molar-refractivity contribution in [2.75, 3.05) is 5.32 Å². The number of Topliss-reactive ketones (excluding diaryl/α,β-unsaturated/α-hetero) is 1. The van der Waals surface area contributed by atoms with Crippen LogP contribution in [0.15, 0.2) is 104 Å². The Morgan fingerprint density at radius 1 is 0.850 bits per heavy atom. The zero-order valence-corrected chi connectivity index (χ0v) is 21.6. The molecule has 7 nitrogen and oxygen atoms in total. The Morgan fingerprint density at radius 2 is 1.60 bits per heavy atom. The molecule has 5 aromatic rings. The molecule has 0 spiro atoms. The molecule has 5 rings (SSSR count). The molecule has 3 aromatic heterocycles. The Morgan fingerprint density at radius 3 is 2.17 bits per heavy atom. The first-order valence-corrected chi connectivity index (χ1v) is 12.1. The Kier molecular flexibility index (Phi) is 8.48. The zero-order chi connectivity index (χ0) is 28.7. The maximum atomic E-state index is 13.6. The molecule has 0 aliphatic carbocycles. The topological polar surface area (TPSA) is 89.8 Å². The third-order valence-electron chi connectivity index (χ3n) is 5.66. The highest BCUT2D eigenvalue weighted by atomic mass is 19.4. The first-order valence-electron chi connectivity index (χ1n) is 12.1. The van der Waals surface area contributed by atoms with Crippen LogP contribution in [0.1, 0.15) is 38.9 Å². The van der Waals surface area contributed by atoms with Gasteiger partial charge in [-0.15, -0.1) is 0 Å². The lowest BCUT2D eigenvalue weighted by molar-refractivity contribution is -0.142. The fraction of sp³-hybridized carbons (Fsp3) is 0.100. The second-order valence-corrected chi connectivity index (χ2v) is 8.71. The summed E-state index contributed by atoms with van der Waals surface area (Å²) in [7, 11) is 0. The number of hydrogen-bond acceptors (Lipinski definition) is 5. The monoisotopic (exact) mass is 543 g/mol. The first kappa shape index (κ1) is 27.9. The van der Waals surface area contributed by atoms with Gasteiger partial charge in [0, 0.05) is 29.1 Å². The number of pyridine rings is 2. The van der Waals surface area contributed by atoms with Gasteiger partial charge in [-0.2, -0.15) is 18.3 Å². The lowest BCUT2D eigenvalue weighted by Crippen LogP contribution is -2.15. The van der Waals surface area contributed by atoms with Gasteiger partial charge in [0.05, 0.1) is 17.6 Å². The molecule has 0 aliphatic rings. The molecule has 0 saturated heterocycles. The van der Waals surface area contributed by atoms with Crippen molar-refractivity contribution in [3.63, 3.8) is 0 Å². The van der Waals surface area contributed by atoms with Gasteiger partial charge in [-0.05, 0) is 56.3 Å². The summed E-state index contributed by atoms with van der Waals surface area (Å²) in [6.45, 7) is 3.47. The number of benzene rings is 2. The normalized spacial score (nSPS) is 10.8. The fourth-order valence-corrected chi connectivity index (χ4v) is 3.62. The Hall–Kier alpha value is -5.12. The summed E-state index contributed by atoms with van der Waals surface area (Å²) >= 11 is 0. The van der Waals surface area contributed by atoms with Crippen LogP contribution in [0.2, 0.25) is 0 Å². The van der Waals surface area contributed by atoms with Gasteiger partial charge >= 0.3 is 6.18 Å². The molecule has 202 valence electrons. The molecule has 0 aliphatic heterocycles. The van der Waals surface area contributed by atoms with Crippen molar-refractivity contribution < 1.29 is 22.8 Å². The number of anilines is 1. The lowest BCUT2D eigenvalue weighted by atomic mass is 10.1. The first-order chi connectivity index (χ1) is 19.1. The van der Waals surface area contributed by atoms with Crippen LogP contribution in [-0.4, -0.2) is 31.4 Å². The summed E-state index contributed by atoms with van der Waals surface area (Å²) < 4.78 is 41.6. The minimum Gasteiger partial charge on any atom is -0.307 e. The van der Waals surface area contributed by atoms with E-state index in [9.17, 15) is 22.8 Å². The number of hydrogen-bond donors (Lipinski definition) is 1. The molecule has 2 aromatic carbocycles. The van der Waals surface area contributed by atoms with Crippen LogP contribution in [0.3, 0.4) is 0 Å². The van der Waals surface area contributed by atoms with E-state index in [-0.39, 0.29) is 28.5 Å². The molecule has 0 radical (unpaired) electrons. The van der Waals surface area contributed by atoms with Crippen LogP contribution in [0, 0.1) is 6.92 Å². The molecule has 1 amide bonds. The van der Waals surface area contributed by atoms with Gasteiger partial charge in [-0.1, -0.05) is 48.0 Å². The van der Waals surface area contributed by atoms with Crippen molar-refractivity contribution in [2.45, 2.75) is 20.0 Å². The van der Waals surface area contributed by atoms with Crippen molar-refractivity contribution in [2.24, 2.45) is 0 Å². The molecule has 0 saturated carbocycles. The van der Waals surface area contributed by atoms with E-state index in [4.69, 9.17) is 0 Å². The number of rotatable bonds is 5. The molecule has 0 bridgehead atoms. The van der Waals surface area contributed by atoms with Crippen molar-refractivity contribution in [1.82, 2.24) is 19.7 Å². The van der Waals surface area contributed by atoms with Crippen LogP contribution in [0.25, 0.3) is 16.9 Å². The molecule has 0 atom stereocenters. The Labute approximate surface area is 228 Å². The number of aryl methyl sites for hydroxylation is 1. The van der Waals surface area contributed by atoms with Gasteiger partial charge in [0.2, 0.25) is 0 Å². The third kappa shape index (κ3) is 7.04. The number of amides is 1. The number of nitrogens with one attached hydrogen (secondary N) is 1. The van der Waals surface area contributed by atoms with E-state index in [1.807, 2.05) is 18.2 Å². The maximum absolute atomic E-state index is 13.6. The van der Waals surface area contributed by atoms with Crippen molar-refractivity contribution in [3.8, 4) is 16.9 Å². The molecular formula is C30H24F3N5O2. The van der Waals surface area contributed by atoms with E-state index in [1.165, 1.54) is 55.3 Å². The molecule has 0 unspecified atom stereocenters. The van der Waals surface area contributed by atoms with Crippen molar-refractivity contribution in [1.29, 1.82) is 0 Å². The van der Waals surface area contributed by atoms with Crippen molar-refractivity contribution >= 4 is 17.5 Å². The van der Waals surface area contributed by atoms with Crippen LogP contribution < -0.4 is 5.32 Å². The van der Waals surface area contributed by atoms with Crippen LogP contribution in [0.4, 0.5) is 19.0 Å². The second kappa shape index (κ2) is 12.2. The van der Waals surface area contributed by atoms with Crippen LogP contribution >= 0.6 is 0 Å². The minimum atomic E-state index is -4.65. The molecule has 1 N–H and O–H groups in total. The molecule has 0 fully saturated rings. The van der Waals surface area contributed by atoms with E-state index in [0.29, 0.717) is 11.1 Å². The Balaban J connectivity index is 0.000000461. The largest absolute Gasteiger partial charge is 0.433 e. The molecular weight excluding hydrogens is 519 g/mol. The minimum absolute atomic E-state index is 0.0639. The van der Waals surface area contributed by atoms with Crippen LogP contribution in [-0.2, 0) is 6.18 Å². The maximum Gasteiger partial charge on any atom is 0.433 e. The number of ketones is 1. The summed E-state index contributed by atoms with van der Waals surface area (Å²) in [5, 5.41) is 6.64. The van der Waals surface area contributed by atoms with Crippen molar-refractivity contribution in [3.05, 3.63) is 126 Å². The summed E-state index contributed by atoms with van der Waals surface area (Å²) in [5.41, 5.74) is 1.59. The predicted octanol–water partition coefficient (Wildman–Crippen LogP) is 6.80. The average molecular weight is 544 g/mol. The number of nitrogens with zero attached hydrogens (tertiary/aromatic N) is 4. The number of aromatic nitrogens is 4. The summed E-state index contributed by atoms with van der Waals surface area (Å²) in [6, 6.07) is 23.3. The molecule has 3 heterocycles. The Bertz CT molecular complexity index is 1600.